The third-order valence-electron chi connectivity index (χ3n) is 4.88. The van der Waals surface area contributed by atoms with Crippen molar-refractivity contribution in [2.75, 3.05) is 27.2 Å². The van der Waals surface area contributed by atoms with E-state index in [2.05, 4.69) is 36.1 Å². The number of carbonyl (C=O) groups is 1. The van der Waals surface area contributed by atoms with Crippen LogP contribution in [0.15, 0.2) is 0 Å². The highest BCUT2D eigenvalue weighted by atomic mass is 35.5. The Morgan fingerprint density at radius 1 is 1.42 bits per heavy atom. The predicted molar refractivity (Wildman–Crippen MR) is 97.2 cm³/mol. The number of carbonyl (C=O) groups excluding carboxylic acids is 1. The Morgan fingerprint density at radius 3 is 2.62 bits per heavy atom. The standard InChI is InChI=1S/C17H30ClN5O/c1-7-14-13(16(18)22(6)20-14)9-23-8-12(11(2)3)15(10-23)19-17(24)21(4)5/h11-12,15H,7-10H2,1-6H3,(H,19,24)/t12-,15+/m0/s1. The maximum absolute atomic E-state index is 12.1. The molecule has 0 radical (unpaired) electrons. The number of aryl methyl sites for hydroxylation is 2. The van der Waals surface area contributed by atoms with E-state index < -0.39 is 0 Å². The lowest BCUT2D eigenvalue weighted by atomic mass is 9.91. The second-order valence-electron chi connectivity index (χ2n) is 7.25. The van der Waals surface area contributed by atoms with Crippen LogP contribution in [0.25, 0.3) is 0 Å². The summed E-state index contributed by atoms with van der Waals surface area (Å²) >= 11 is 6.43. The summed E-state index contributed by atoms with van der Waals surface area (Å²) in [7, 11) is 5.43. The largest absolute Gasteiger partial charge is 0.334 e. The average Bonchev–Trinajstić information content (AvgIpc) is 3.03. The first kappa shape index (κ1) is 19.1. The van der Waals surface area contributed by atoms with Gasteiger partial charge in [-0.2, -0.15) is 5.10 Å². The lowest BCUT2D eigenvalue weighted by molar-refractivity contribution is 0.207. The number of amides is 2. The van der Waals surface area contributed by atoms with E-state index in [1.54, 1.807) is 23.7 Å². The van der Waals surface area contributed by atoms with Crippen LogP contribution in [0, 0.1) is 11.8 Å². The fourth-order valence-corrected chi connectivity index (χ4v) is 3.63. The molecule has 0 bridgehead atoms. The summed E-state index contributed by atoms with van der Waals surface area (Å²) in [5.41, 5.74) is 2.17. The number of likely N-dealkylation sites (tertiary alicyclic amines) is 1. The zero-order valence-corrected chi connectivity index (χ0v) is 16.4. The monoisotopic (exact) mass is 355 g/mol. The van der Waals surface area contributed by atoms with Gasteiger partial charge in [-0.25, -0.2) is 4.79 Å². The lowest BCUT2D eigenvalue weighted by Gasteiger charge is -2.24. The molecule has 1 aromatic rings. The number of aromatic nitrogens is 2. The quantitative estimate of drug-likeness (QED) is 0.882. The maximum atomic E-state index is 12.1. The fraction of sp³-hybridized carbons (Fsp3) is 0.765. The molecule has 24 heavy (non-hydrogen) atoms. The zero-order valence-electron chi connectivity index (χ0n) is 15.6. The van der Waals surface area contributed by atoms with Crippen molar-refractivity contribution in [3.8, 4) is 0 Å². The van der Waals surface area contributed by atoms with Crippen LogP contribution in [-0.2, 0) is 20.0 Å². The minimum absolute atomic E-state index is 0.0267. The Morgan fingerprint density at radius 2 is 2.08 bits per heavy atom. The van der Waals surface area contributed by atoms with Gasteiger partial charge in [-0.3, -0.25) is 9.58 Å². The second-order valence-corrected chi connectivity index (χ2v) is 7.60. The molecular formula is C17H30ClN5O. The van der Waals surface area contributed by atoms with Crippen molar-refractivity contribution in [2.24, 2.45) is 18.9 Å². The van der Waals surface area contributed by atoms with Crippen molar-refractivity contribution in [1.29, 1.82) is 0 Å². The van der Waals surface area contributed by atoms with E-state index in [-0.39, 0.29) is 12.1 Å². The summed E-state index contributed by atoms with van der Waals surface area (Å²) in [5.74, 6) is 0.951. The minimum Gasteiger partial charge on any atom is -0.334 e. The van der Waals surface area contributed by atoms with Gasteiger partial charge in [0, 0.05) is 52.4 Å². The van der Waals surface area contributed by atoms with Crippen LogP contribution in [0.1, 0.15) is 32.0 Å². The van der Waals surface area contributed by atoms with Gasteiger partial charge in [0.05, 0.1) is 5.69 Å². The zero-order chi connectivity index (χ0) is 18.0. The van der Waals surface area contributed by atoms with Crippen LogP contribution < -0.4 is 5.32 Å². The van der Waals surface area contributed by atoms with Crippen molar-refractivity contribution in [1.82, 2.24) is 24.9 Å². The van der Waals surface area contributed by atoms with Gasteiger partial charge >= 0.3 is 6.03 Å². The molecule has 2 amide bonds. The Bertz CT molecular complexity index is 584. The van der Waals surface area contributed by atoms with Crippen LogP contribution >= 0.6 is 11.6 Å². The first-order valence-corrected chi connectivity index (χ1v) is 9.02. The first-order valence-electron chi connectivity index (χ1n) is 8.65. The summed E-state index contributed by atoms with van der Waals surface area (Å²) in [6.45, 7) is 9.13. The maximum Gasteiger partial charge on any atom is 0.317 e. The van der Waals surface area contributed by atoms with Crippen LogP contribution in [0.3, 0.4) is 0 Å². The number of hydrogen-bond donors (Lipinski definition) is 1. The molecule has 1 fully saturated rings. The third kappa shape index (κ3) is 4.03. The lowest BCUT2D eigenvalue weighted by Crippen LogP contribution is -2.46. The van der Waals surface area contributed by atoms with Crippen LogP contribution in [0.4, 0.5) is 4.79 Å². The highest BCUT2D eigenvalue weighted by Crippen LogP contribution is 2.28. The van der Waals surface area contributed by atoms with Gasteiger partial charge < -0.3 is 10.2 Å². The van der Waals surface area contributed by atoms with Gasteiger partial charge in [0.2, 0.25) is 0 Å². The highest BCUT2D eigenvalue weighted by Gasteiger charge is 2.36. The molecule has 0 saturated carbocycles. The van der Waals surface area contributed by atoms with Crippen molar-refractivity contribution in [3.05, 3.63) is 16.4 Å². The number of nitrogens with zero attached hydrogens (tertiary/aromatic N) is 4. The number of hydrogen-bond acceptors (Lipinski definition) is 3. The molecule has 1 aromatic heterocycles. The minimum atomic E-state index is -0.0267. The van der Waals surface area contributed by atoms with Gasteiger partial charge in [-0.15, -0.1) is 0 Å². The smallest absolute Gasteiger partial charge is 0.317 e. The third-order valence-corrected chi connectivity index (χ3v) is 5.35. The molecule has 2 heterocycles. The van der Waals surface area contributed by atoms with Gasteiger partial charge in [0.15, 0.2) is 0 Å². The molecule has 136 valence electrons. The van der Waals surface area contributed by atoms with Crippen molar-refractivity contribution >= 4 is 17.6 Å². The van der Waals surface area contributed by atoms with Crippen molar-refractivity contribution in [2.45, 2.75) is 39.8 Å². The normalized spacial score (nSPS) is 21.5. The van der Waals surface area contributed by atoms with E-state index in [0.29, 0.717) is 17.0 Å². The molecule has 1 aliphatic heterocycles. The molecule has 6 nitrogen and oxygen atoms in total. The number of rotatable bonds is 5. The molecule has 2 rings (SSSR count). The summed E-state index contributed by atoms with van der Waals surface area (Å²) in [6, 6.07) is 0.140. The van der Waals surface area contributed by atoms with Crippen LogP contribution in [-0.4, -0.2) is 58.8 Å². The van der Waals surface area contributed by atoms with Gasteiger partial charge in [-0.05, 0) is 18.3 Å². The van der Waals surface area contributed by atoms with Crippen LogP contribution in [0.2, 0.25) is 5.15 Å². The summed E-state index contributed by atoms with van der Waals surface area (Å²) in [4.78, 5) is 16.0. The Balaban J connectivity index is 2.12. The fourth-order valence-electron chi connectivity index (χ4n) is 3.42. The Labute approximate surface area is 150 Å². The number of halogens is 1. The van der Waals surface area contributed by atoms with E-state index in [4.69, 9.17) is 11.6 Å². The summed E-state index contributed by atoms with van der Waals surface area (Å²) in [6.07, 6.45) is 0.873. The molecular weight excluding hydrogens is 326 g/mol. The topological polar surface area (TPSA) is 53.4 Å². The Kier molecular flexibility index (Phi) is 6.15. The molecule has 1 N–H and O–H groups in total. The van der Waals surface area contributed by atoms with Crippen LogP contribution in [0.5, 0.6) is 0 Å². The van der Waals surface area contributed by atoms with Crippen molar-refractivity contribution < 1.29 is 4.79 Å². The predicted octanol–water partition coefficient (Wildman–Crippen LogP) is 2.36. The molecule has 1 aliphatic rings. The summed E-state index contributed by atoms with van der Waals surface area (Å²) in [5, 5.41) is 8.38. The second kappa shape index (κ2) is 7.74. The number of nitrogens with one attached hydrogen (secondary N) is 1. The average molecular weight is 356 g/mol. The highest BCUT2D eigenvalue weighted by molar-refractivity contribution is 6.30. The molecule has 1 saturated heterocycles. The molecule has 0 aromatic carbocycles. The summed E-state index contributed by atoms with van der Waals surface area (Å²) < 4.78 is 1.75. The van der Waals surface area contributed by atoms with E-state index in [1.807, 2.05) is 7.05 Å². The van der Waals surface area contributed by atoms with Gasteiger partial charge in [0.1, 0.15) is 5.15 Å². The van der Waals surface area contributed by atoms with Gasteiger partial charge in [0.25, 0.3) is 0 Å². The molecule has 0 spiro atoms. The molecule has 2 atom stereocenters. The van der Waals surface area contributed by atoms with E-state index in [1.165, 1.54) is 0 Å². The number of urea groups is 1. The molecule has 7 heteroatoms. The van der Waals surface area contributed by atoms with Gasteiger partial charge in [-0.1, -0.05) is 32.4 Å². The van der Waals surface area contributed by atoms with E-state index in [0.717, 1.165) is 37.3 Å². The SMILES string of the molecule is CCc1nn(C)c(Cl)c1CN1C[C@@H](NC(=O)N(C)C)[C@H](C(C)C)C1. The molecule has 0 unspecified atom stereocenters. The molecule has 0 aliphatic carbocycles. The van der Waals surface area contributed by atoms with E-state index in [9.17, 15) is 4.79 Å². The van der Waals surface area contributed by atoms with E-state index >= 15 is 0 Å². The first-order chi connectivity index (χ1) is 11.2. The Hall–Kier alpha value is -1.27. The van der Waals surface area contributed by atoms with Crippen molar-refractivity contribution in [3.63, 3.8) is 0 Å².